The van der Waals surface area contributed by atoms with Crippen molar-refractivity contribution in [2.75, 3.05) is 11.9 Å². The number of aliphatic hydroxyl groups excluding tert-OH is 1. The van der Waals surface area contributed by atoms with Gasteiger partial charge in [0.25, 0.3) is 5.91 Å². The molecule has 0 heterocycles. The first-order valence-corrected chi connectivity index (χ1v) is 4.69. The lowest BCUT2D eigenvalue weighted by Crippen LogP contribution is -2.39. The van der Waals surface area contributed by atoms with E-state index in [1.807, 2.05) is 6.07 Å². The minimum absolute atomic E-state index is 0.603. The van der Waals surface area contributed by atoms with Crippen molar-refractivity contribution in [3.8, 4) is 0 Å². The van der Waals surface area contributed by atoms with Crippen LogP contribution in [0.25, 0.3) is 0 Å². The first-order valence-electron chi connectivity index (χ1n) is 4.69. The largest absolute Gasteiger partial charge is 0.390 e. The number of aliphatic hydroxyl groups is 1. The lowest BCUT2D eigenvalue weighted by Gasteiger charge is -2.20. The molecule has 0 aromatic heterocycles. The highest BCUT2D eigenvalue weighted by molar-refractivity contribution is 5.96. The molecule has 0 aliphatic heterocycles. The SMILES string of the molecule is CC(O)C(F)C(=O)N(C)c1ccccc1. The Morgan fingerprint density at radius 2 is 1.93 bits per heavy atom. The fourth-order valence-corrected chi connectivity index (χ4v) is 1.17. The van der Waals surface area contributed by atoms with E-state index in [1.54, 1.807) is 24.3 Å². The second-order valence-electron chi connectivity index (χ2n) is 3.38. The molecular formula is C11H14FNO2. The highest BCUT2D eigenvalue weighted by atomic mass is 19.1. The molecule has 0 saturated heterocycles. The predicted molar refractivity (Wildman–Crippen MR) is 56.4 cm³/mol. The summed E-state index contributed by atoms with van der Waals surface area (Å²) in [7, 11) is 1.48. The van der Waals surface area contributed by atoms with E-state index in [2.05, 4.69) is 0 Å². The standard InChI is InChI=1S/C11H14FNO2/c1-8(14)10(12)11(15)13(2)9-6-4-3-5-7-9/h3-8,10,14H,1-2H3. The maximum atomic E-state index is 13.2. The van der Waals surface area contributed by atoms with Gasteiger partial charge in [-0.05, 0) is 19.1 Å². The average Bonchev–Trinajstić information content (AvgIpc) is 2.27. The summed E-state index contributed by atoms with van der Waals surface area (Å²) >= 11 is 0. The maximum absolute atomic E-state index is 13.2. The summed E-state index contributed by atoms with van der Waals surface area (Å²) in [4.78, 5) is 12.7. The van der Waals surface area contributed by atoms with Crippen molar-refractivity contribution in [2.45, 2.75) is 19.2 Å². The van der Waals surface area contributed by atoms with Gasteiger partial charge < -0.3 is 10.0 Å². The van der Waals surface area contributed by atoms with Crippen LogP contribution in [0.3, 0.4) is 0 Å². The molecule has 0 aliphatic carbocycles. The smallest absolute Gasteiger partial charge is 0.263 e. The van der Waals surface area contributed by atoms with Crippen LogP contribution in [-0.2, 0) is 4.79 Å². The second-order valence-corrected chi connectivity index (χ2v) is 3.38. The maximum Gasteiger partial charge on any atom is 0.263 e. The summed E-state index contributed by atoms with van der Waals surface area (Å²) in [6, 6.07) is 8.73. The van der Waals surface area contributed by atoms with E-state index < -0.39 is 18.2 Å². The van der Waals surface area contributed by atoms with Gasteiger partial charge in [0.1, 0.15) is 0 Å². The van der Waals surface area contributed by atoms with E-state index in [9.17, 15) is 9.18 Å². The van der Waals surface area contributed by atoms with Gasteiger partial charge in [-0.2, -0.15) is 0 Å². The third-order valence-electron chi connectivity index (χ3n) is 2.13. The predicted octanol–water partition coefficient (Wildman–Crippen LogP) is 1.37. The van der Waals surface area contributed by atoms with Gasteiger partial charge in [0.15, 0.2) is 0 Å². The van der Waals surface area contributed by atoms with Gasteiger partial charge >= 0.3 is 0 Å². The van der Waals surface area contributed by atoms with Gasteiger partial charge in [-0.15, -0.1) is 0 Å². The van der Waals surface area contributed by atoms with Crippen molar-refractivity contribution in [1.29, 1.82) is 0 Å². The lowest BCUT2D eigenvalue weighted by atomic mass is 10.2. The number of carbonyl (C=O) groups is 1. The second kappa shape index (κ2) is 4.89. The van der Waals surface area contributed by atoms with E-state index >= 15 is 0 Å². The molecule has 1 aromatic carbocycles. The molecule has 4 heteroatoms. The Morgan fingerprint density at radius 1 is 1.40 bits per heavy atom. The van der Waals surface area contributed by atoms with Gasteiger partial charge in [-0.1, -0.05) is 18.2 Å². The highest BCUT2D eigenvalue weighted by Crippen LogP contribution is 2.14. The average molecular weight is 211 g/mol. The minimum atomic E-state index is -1.88. The molecule has 1 rings (SSSR count). The fraction of sp³-hybridized carbons (Fsp3) is 0.364. The molecule has 2 atom stereocenters. The molecule has 3 nitrogen and oxygen atoms in total. The number of rotatable bonds is 3. The summed E-state index contributed by atoms with van der Waals surface area (Å²) in [6.45, 7) is 1.25. The van der Waals surface area contributed by atoms with Crippen LogP contribution in [-0.4, -0.2) is 30.3 Å². The summed E-state index contributed by atoms with van der Waals surface area (Å²) in [5.74, 6) is -0.740. The molecule has 0 fully saturated rings. The number of halogens is 1. The van der Waals surface area contributed by atoms with Crippen LogP contribution >= 0.6 is 0 Å². The third kappa shape index (κ3) is 2.76. The Hall–Kier alpha value is -1.42. The van der Waals surface area contributed by atoms with Gasteiger partial charge in [0, 0.05) is 12.7 Å². The molecule has 0 bridgehead atoms. The van der Waals surface area contributed by atoms with E-state index in [1.165, 1.54) is 18.9 Å². The molecule has 1 N–H and O–H groups in total. The zero-order chi connectivity index (χ0) is 11.4. The van der Waals surface area contributed by atoms with Gasteiger partial charge in [-0.3, -0.25) is 4.79 Å². The molecule has 2 unspecified atom stereocenters. The number of hydrogen-bond donors (Lipinski definition) is 1. The third-order valence-corrected chi connectivity index (χ3v) is 2.13. The summed E-state index contributed by atoms with van der Waals surface area (Å²) in [5.41, 5.74) is 0.603. The van der Waals surface area contributed by atoms with Crippen LogP contribution in [0.2, 0.25) is 0 Å². The van der Waals surface area contributed by atoms with Crippen molar-refractivity contribution >= 4 is 11.6 Å². The molecule has 1 amide bonds. The molecule has 1 aromatic rings. The summed E-state index contributed by atoms with van der Waals surface area (Å²) in [5, 5.41) is 8.96. The van der Waals surface area contributed by atoms with Crippen LogP contribution in [0.5, 0.6) is 0 Å². The number of hydrogen-bond acceptors (Lipinski definition) is 2. The van der Waals surface area contributed by atoms with E-state index in [0.717, 1.165) is 0 Å². The summed E-state index contributed by atoms with van der Waals surface area (Å²) < 4.78 is 13.2. The van der Waals surface area contributed by atoms with Crippen LogP contribution in [0, 0.1) is 0 Å². The normalized spacial score (nSPS) is 14.4. The van der Waals surface area contributed by atoms with Crippen molar-refractivity contribution in [1.82, 2.24) is 0 Å². The highest BCUT2D eigenvalue weighted by Gasteiger charge is 2.26. The van der Waals surface area contributed by atoms with Crippen LogP contribution in [0.1, 0.15) is 6.92 Å². The quantitative estimate of drug-likeness (QED) is 0.820. The van der Waals surface area contributed by atoms with Crippen molar-refractivity contribution in [3.05, 3.63) is 30.3 Å². The van der Waals surface area contributed by atoms with Crippen LogP contribution in [0.4, 0.5) is 10.1 Å². The first kappa shape index (κ1) is 11.7. The Balaban J connectivity index is 2.78. The zero-order valence-corrected chi connectivity index (χ0v) is 8.72. The first-order chi connectivity index (χ1) is 7.04. The number of alkyl halides is 1. The van der Waals surface area contributed by atoms with Crippen molar-refractivity contribution in [2.24, 2.45) is 0 Å². The Labute approximate surface area is 88.1 Å². The molecule has 15 heavy (non-hydrogen) atoms. The number of anilines is 1. The monoisotopic (exact) mass is 211 g/mol. The van der Waals surface area contributed by atoms with Crippen LogP contribution < -0.4 is 4.90 Å². The van der Waals surface area contributed by atoms with Crippen molar-refractivity contribution < 1.29 is 14.3 Å². The molecule has 82 valence electrons. The van der Waals surface area contributed by atoms with Gasteiger partial charge in [0.2, 0.25) is 6.17 Å². The number of carbonyl (C=O) groups excluding carboxylic acids is 1. The van der Waals surface area contributed by atoms with Crippen LogP contribution in [0.15, 0.2) is 30.3 Å². The molecule has 0 saturated carbocycles. The topological polar surface area (TPSA) is 40.5 Å². The van der Waals surface area contributed by atoms with Crippen molar-refractivity contribution in [3.63, 3.8) is 0 Å². The van der Waals surface area contributed by atoms with Gasteiger partial charge in [0.05, 0.1) is 6.10 Å². The van der Waals surface area contributed by atoms with E-state index in [-0.39, 0.29) is 0 Å². The zero-order valence-electron chi connectivity index (χ0n) is 8.72. The number of benzene rings is 1. The lowest BCUT2D eigenvalue weighted by molar-refractivity contribution is -0.126. The minimum Gasteiger partial charge on any atom is -0.390 e. The summed E-state index contributed by atoms with van der Waals surface area (Å²) in [6.07, 6.45) is -3.17. The number of nitrogens with zero attached hydrogens (tertiary/aromatic N) is 1. The van der Waals surface area contributed by atoms with E-state index in [0.29, 0.717) is 5.69 Å². The van der Waals surface area contributed by atoms with Gasteiger partial charge in [-0.25, -0.2) is 4.39 Å². The molecular weight excluding hydrogens is 197 g/mol. The fourth-order valence-electron chi connectivity index (χ4n) is 1.17. The molecule has 0 aliphatic rings. The molecule has 0 spiro atoms. The Bertz CT molecular complexity index is 327. The van der Waals surface area contributed by atoms with E-state index in [4.69, 9.17) is 5.11 Å². The Kier molecular flexibility index (Phi) is 3.80. The Morgan fingerprint density at radius 3 is 2.40 bits per heavy atom. The molecule has 0 radical (unpaired) electrons. The number of amides is 1. The number of para-hydroxylation sites is 1.